The van der Waals surface area contributed by atoms with Gasteiger partial charge in [-0.1, -0.05) is 6.58 Å². The number of halogens is 3. The average molecular weight is 180 g/mol. The Morgan fingerprint density at radius 3 is 2.33 bits per heavy atom. The van der Waals surface area contributed by atoms with Gasteiger partial charge >= 0.3 is 6.18 Å². The zero-order chi connectivity index (χ0) is 9.61. The van der Waals surface area contributed by atoms with E-state index >= 15 is 0 Å². The van der Waals surface area contributed by atoms with Crippen LogP contribution in [0.15, 0.2) is 12.7 Å². The molecule has 0 bridgehead atoms. The highest BCUT2D eigenvalue weighted by atomic mass is 19.4. The van der Waals surface area contributed by atoms with Crippen LogP contribution in [-0.2, 0) is 4.79 Å². The van der Waals surface area contributed by atoms with Crippen molar-refractivity contribution in [2.45, 2.75) is 31.9 Å². The molecule has 0 aliphatic heterocycles. The Morgan fingerprint density at radius 1 is 1.33 bits per heavy atom. The van der Waals surface area contributed by atoms with E-state index in [1.807, 2.05) is 0 Å². The Balaban J connectivity index is 3.34. The molecular formula is C8H11F3O. The minimum atomic E-state index is -4.10. The number of ketones is 1. The lowest BCUT2D eigenvalue weighted by atomic mass is 10.1. The predicted octanol–water partition coefficient (Wildman–Crippen LogP) is 2.86. The van der Waals surface area contributed by atoms with E-state index in [-0.39, 0.29) is 25.0 Å². The van der Waals surface area contributed by atoms with E-state index in [9.17, 15) is 18.0 Å². The number of unbranched alkanes of at least 4 members (excludes halogenated alkanes) is 1. The van der Waals surface area contributed by atoms with E-state index in [4.69, 9.17) is 0 Å². The van der Waals surface area contributed by atoms with Gasteiger partial charge in [-0.15, -0.1) is 0 Å². The Bertz CT molecular complexity index is 160. The van der Waals surface area contributed by atoms with Crippen molar-refractivity contribution in [3.63, 3.8) is 0 Å². The van der Waals surface area contributed by atoms with Gasteiger partial charge in [-0.05, 0) is 18.9 Å². The molecule has 1 nitrogen and oxygen atoms in total. The monoisotopic (exact) mass is 180 g/mol. The molecule has 0 aliphatic rings. The van der Waals surface area contributed by atoms with Crippen LogP contribution in [-0.4, -0.2) is 12.0 Å². The summed E-state index contributed by atoms with van der Waals surface area (Å²) >= 11 is 0. The van der Waals surface area contributed by atoms with E-state index in [0.717, 1.165) is 6.08 Å². The summed E-state index contributed by atoms with van der Waals surface area (Å²) in [4.78, 5) is 10.5. The van der Waals surface area contributed by atoms with Crippen LogP contribution >= 0.6 is 0 Å². The first-order valence-electron chi connectivity index (χ1n) is 3.68. The van der Waals surface area contributed by atoms with Gasteiger partial charge in [0, 0.05) is 12.8 Å². The molecule has 0 spiro atoms. The number of rotatable bonds is 5. The second kappa shape index (κ2) is 4.95. The largest absolute Gasteiger partial charge is 0.389 e. The summed E-state index contributed by atoms with van der Waals surface area (Å²) in [6.07, 6.45) is -3.31. The van der Waals surface area contributed by atoms with Gasteiger partial charge in [0.15, 0.2) is 5.78 Å². The number of carbonyl (C=O) groups is 1. The van der Waals surface area contributed by atoms with Gasteiger partial charge in [0.25, 0.3) is 0 Å². The Hall–Kier alpha value is -0.800. The minimum Gasteiger partial charge on any atom is -0.295 e. The van der Waals surface area contributed by atoms with Crippen molar-refractivity contribution in [2.75, 3.05) is 0 Å². The van der Waals surface area contributed by atoms with Gasteiger partial charge in [-0.25, -0.2) is 0 Å². The molecule has 0 aromatic heterocycles. The maximum Gasteiger partial charge on any atom is 0.389 e. The first-order valence-corrected chi connectivity index (χ1v) is 3.68. The van der Waals surface area contributed by atoms with Crippen LogP contribution in [0.3, 0.4) is 0 Å². The molecular weight excluding hydrogens is 169 g/mol. The highest BCUT2D eigenvalue weighted by Gasteiger charge is 2.25. The smallest absolute Gasteiger partial charge is 0.295 e. The van der Waals surface area contributed by atoms with E-state index < -0.39 is 12.6 Å². The van der Waals surface area contributed by atoms with Crippen molar-refractivity contribution in [2.24, 2.45) is 0 Å². The van der Waals surface area contributed by atoms with Crippen molar-refractivity contribution in [3.05, 3.63) is 12.7 Å². The van der Waals surface area contributed by atoms with Crippen LogP contribution in [0, 0.1) is 0 Å². The number of hydrogen-bond acceptors (Lipinski definition) is 1. The number of carbonyl (C=O) groups excluding carboxylic acids is 1. The van der Waals surface area contributed by atoms with Crippen LogP contribution in [0.2, 0.25) is 0 Å². The number of hydrogen-bond donors (Lipinski definition) is 0. The summed E-state index contributed by atoms with van der Waals surface area (Å²) in [6, 6.07) is 0. The van der Waals surface area contributed by atoms with Crippen LogP contribution < -0.4 is 0 Å². The van der Waals surface area contributed by atoms with E-state index in [2.05, 4.69) is 6.58 Å². The number of alkyl halides is 3. The van der Waals surface area contributed by atoms with Crippen LogP contribution in [0.5, 0.6) is 0 Å². The molecule has 0 saturated heterocycles. The van der Waals surface area contributed by atoms with Gasteiger partial charge in [0.2, 0.25) is 0 Å². The summed E-state index contributed by atoms with van der Waals surface area (Å²) in [7, 11) is 0. The molecule has 0 aromatic rings. The van der Waals surface area contributed by atoms with Gasteiger partial charge in [0.1, 0.15) is 0 Å². The second-order valence-electron chi connectivity index (χ2n) is 2.49. The van der Waals surface area contributed by atoms with Crippen molar-refractivity contribution in [1.82, 2.24) is 0 Å². The normalized spacial score (nSPS) is 11.2. The zero-order valence-corrected chi connectivity index (χ0v) is 6.66. The van der Waals surface area contributed by atoms with Gasteiger partial charge in [-0.3, -0.25) is 4.79 Å². The van der Waals surface area contributed by atoms with Crippen molar-refractivity contribution in [1.29, 1.82) is 0 Å². The predicted molar refractivity (Wildman–Crippen MR) is 39.7 cm³/mol. The lowest BCUT2D eigenvalue weighted by molar-refractivity contribution is -0.136. The second-order valence-corrected chi connectivity index (χ2v) is 2.49. The van der Waals surface area contributed by atoms with E-state index in [0.29, 0.717) is 0 Å². The maximum absolute atomic E-state index is 11.6. The molecule has 0 saturated carbocycles. The van der Waals surface area contributed by atoms with Crippen LogP contribution in [0.1, 0.15) is 25.7 Å². The zero-order valence-electron chi connectivity index (χ0n) is 6.66. The topological polar surface area (TPSA) is 17.1 Å². The third kappa shape index (κ3) is 7.31. The van der Waals surface area contributed by atoms with E-state index in [1.165, 1.54) is 0 Å². The molecule has 0 unspecified atom stereocenters. The SMILES string of the molecule is C=CC(=O)CCCCC(F)(F)F. The lowest BCUT2D eigenvalue weighted by Crippen LogP contribution is -2.06. The molecule has 0 rings (SSSR count). The fraction of sp³-hybridized carbons (Fsp3) is 0.625. The highest BCUT2D eigenvalue weighted by Crippen LogP contribution is 2.22. The highest BCUT2D eigenvalue weighted by molar-refractivity contribution is 5.88. The molecule has 0 amide bonds. The first-order chi connectivity index (χ1) is 5.45. The fourth-order valence-corrected chi connectivity index (χ4v) is 0.727. The van der Waals surface area contributed by atoms with E-state index in [1.54, 1.807) is 0 Å². The molecule has 0 heterocycles. The molecule has 70 valence electrons. The molecule has 4 heteroatoms. The quantitative estimate of drug-likeness (QED) is 0.469. The van der Waals surface area contributed by atoms with Crippen LogP contribution in [0.4, 0.5) is 13.2 Å². The Kier molecular flexibility index (Phi) is 4.62. The minimum absolute atomic E-state index is 0.0169. The first kappa shape index (κ1) is 11.2. The van der Waals surface area contributed by atoms with Gasteiger partial charge < -0.3 is 0 Å². The summed E-state index contributed by atoms with van der Waals surface area (Å²) in [5.41, 5.74) is 0. The average Bonchev–Trinajstić information content (AvgIpc) is 1.96. The molecule has 0 fully saturated rings. The Morgan fingerprint density at radius 2 is 1.92 bits per heavy atom. The maximum atomic E-state index is 11.6. The molecule has 0 aliphatic carbocycles. The van der Waals surface area contributed by atoms with Crippen molar-refractivity contribution >= 4 is 5.78 Å². The van der Waals surface area contributed by atoms with Crippen molar-refractivity contribution < 1.29 is 18.0 Å². The molecule has 0 atom stereocenters. The summed E-state index contributed by atoms with van der Waals surface area (Å²) < 4.78 is 34.7. The van der Waals surface area contributed by atoms with Crippen LogP contribution in [0.25, 0.3) is 0 Å². The summed E-state index contributed by atoms with van der Waals surface area (Å²) in [5.74, 6) is -0.197. The summed E-state index contributed by atoms with van der Waals surface area (Å²) in [6.45, 7) is 3.22. The molecule has 0 N–H and O–H groups in total. The molecule has 0 aromatic carbocycles. The van der Waals surface area contributed by atoms with Gasteiger partial charge in [0.05, 0.1) is 0 Å². The molecule has 0 radical (unpaired) electrons. The molecule has 12 heavy (non-hydrogen) atoms. The standard InChI is InChI=1S/C8H11F3O/c1-2-7(12)5-3-4-6-8(9,10)11/h2H,1,3-6H2. The number of allylic oxidation sites excluding steroid dienone is 1. The Labute approximate surface area is 69.3 Å². The summed E-state index contributed by atoms with van der Waals surface area (Å²) in [5, 5.41) is 0. The lowest BCUT2D eigenvalue weighted by Gasteiger charge is -2.03. The fourth-order valence-electron chi connectivity index (χ4n) is 0.727. The third-order valence-electron chi connectivity index (χ3n) is 1.36. The van der Waals surface area contributed by atoms with Crippen molar-refractivity contribution in [3.8, 4) is 0 Å². The van der Waals surface area contributed by atoms with Gasteiger partial charge in [-0.2, -0.15) is 13.2 Å². The third-order valence-corrected chi connectivity index (χ3v) is 1.36.